The van der Waals surface area contributed by atoms with E-state index in [-0.39, 0.29) is 29.3 Å². The second-order valence-corrected chi connectivity index (χ2v) is 5.37. The highest BCUT2D eigenvalue weighted by atomic mass is 16.5. The van der Waals surface area contributed by atoms with Gasteiger partial charge in [-0.2, -0.15) is 0 Å². The largest absolute Gasteiger partial charge is 0.508 e. The maximum atomic E-state index is 12.1. The quantitative estimate of drug-likeness (QED) is 0.567. The Labute approximate surface area is 136 Å². The number of aryl methyl sites for hydroxylation is 1. The second-order valence-electron chi connectivity index (χ2n) is 5.37. The molecular weight excluding hydrogens is 312 g/mol. The first kappa shape index (κ1) is 15.6. The summed E-state index contributed by atoms with van der Waals surface area (Å²) < 4.78 is 10.2. The molecule has 2 N–H and O–H groups in total. The molecule has 0 saturated carbocycles. The number of phenols is 2. The number of hydrogen-bond donors (Lipinski definition) is 2. The fourth-order valence-electron chi connectivity index (χ4n) is 2.37. The van der Waals surface area contributed by atoms with Crippen molar-refractivity contribution in [1.82, 2.24) is 0 Å². The number of hydrogen-bond acceptors (Lipinski definition) is 6. The zero-order valence-electron chi connectivity index (χ0n) is 12.8. The summed E-state index contributed by atoms with van der Waals surface area (Å²) in [5, 5.41) is 19.8. The lowest BCUT2D eigenvalue weighted by molar-refractivity contribution is 0.0470. The molecule has 2 aromatic carbocycles. The van der Waals surface area contributed by atoms with Crippen molar-refractivity contribution in [3.63, 3.8) is 0 Å². The first-order valence-electron chi connectivity index (χ1n) is 7.16. The molecule has 6 nitrogen and oxygen atoms in total. The van der Waals surface area contributed by atoms with Gasteiger partial charge >= 0.3 is 11.6 Å². The number of fused-ring (bicyclic) bond motifs is 1. The third kappa shape index (κ3) is 3.08. The van der Waals surface area contributed by atoms with Gasteiger partial charge in [-0.25, -0.2) is 9.59 Å². The molecule has 0 bridgehead atoms. The first-order valence-corrected chi connectivity index (χ1v) is 7.16. The standard InChI is InChI=1S/C18H14O6/c1-10-2-4-14(15(20)6-10)18(22)23-9-11-7-17(21)24-16-8-12(19)3-5-13(11)16/h2-8,19-20H,9H2,1H3. The lowest BCUT2D eigenvalue weighted by Crippen LogP contribution is -2.08. The van der Waals surface area contributed by atoms with Gasteiger partial charge < -0.3 is 19.4 Å². The molecule has 0 amide bonds. The van der Waals surface area contributed by atoms with E-state index in [9.17, 15) is 19.8 Å². The number of carbonyl (C=O) groups excluding carboxylic acids is 1. The van der Waals surface area contributed by atoms with Gasteiger partial charge in [-0.15, -0.1) is 0 Å². The number of carbonyl (C=O) groups is 1. The molecule has 0 unspecified atom stereocenters. The zero-order valence-corrected chi connectivity index (χ0v) is 12.8. The second kappa shape index (κ2) is 6.08. The van der Waals surface area contributed by atoms with E-state index in [2.05, 4.69) is 0 Å². The van der Waals surface area contributed by atoms with E-state index in [1.165, 1.54) is 30.3 Å². The lowest BCUT2D eigenvalue weighted by atomic mass is 10.1. The van der Waals surface area contributed by atoms with Crippen LogP contribution in [0, 0.1) is 6.92 Å². The minimum Gasteiger partial charge on any atom is -0.508 e. The summed E-state index contributed by atoms with van der Waals surface area (Å²) in [7, 11) is 0. The fourth-order valence-corrected chi connectivity index (χ4v) is 2.37. The van der Waals surface area contributed by atoms with Gasteiger partial charge in [0, 0.05) is 23.1 Å². The molecule has 0 aliphatic carbocycles. The monoisotopic (exact) mass is 326 g/mol. The van der Waals surface area contributed by atoms with Crippen LogP contribution in [0.2, 0.25) is 0 Å². The topological polar surface area (TPSA) is 97.0 Å². The molecule has 6 heteroatoms. The molecule has 1 aromatic heterocycles. The molecule has 0 saturated heterocycles. The molecule has 3 aromatic rings. The van der Waals surface area contributed by atoms with Gasteiger partial charge in [0.15, 0.2) is 0 Å². The summed E-state index contributed by atoms with van der Waals surface area (Å²) in [6.07, 6.45) is 0. The number of rotatable bonds is 3. The highest BCUT2D eigenvalue weighted by molar-refractivity contribution is 5.92. The van der Waals surface area contributed by atoms with Crippen molar-refractivity contribution in [1.29, 1.82) is 0 Å². The Bertz CT molecular complexity index is 986. The van der Waals surface area contributed by atoms with Crippen molar-refractivity contribution in [3.05, 3.63) is 69.6 Å². The Morgan fingerprint density at radius 2 is 1.92 bits per heavy atom. The van der Waals surface area contributed by atoms with E-state index in [1.807, 2.05) is 0 Å². The van der Waals surface area contributed by atoms with E-state index < -0.39 is 11.6 Å². The van der Waals surface area contributed by atoms with E-state index in [0.29, 0.717) is 10.9 Å². The number of phenolic OH excluding ortho intramolecular Hbond substituents is 2. The average molecular weight is 326 g/mol. The fraction of sp³-hybridized carbons (Fsp3) is 0.111. The van der Waals surface area contributed by atoms with Crippen LogP contribution in [0.5, 0.6) is 11.5 Å². The summed E-state index contributed by atoms with van der Waals surface area (Å²) in [5.41, 5.74) is 0.895. The SMILES string of the molecule is Cc1ccc(C(=O)OCc2cc(=O)oc3cc(O)ccc23)c(O)c1. The van der Waals surface area contributed by atoms with Gasteiger partial charge in [0.2, 0.25) is 0 Å². The van der Waals surface area contributed by atoms with Gasteiger partial charge in [-0.3, -0.25) is 0 Å². The van der Waals surface area contributed by atoms with Crippen LogP contribution in [0.25, 0.3) is 11.0 Å². The van der Waals surface area contributed by atoms with Crippen molar-refractivity contribution in [2.24, 2.45) is 0 Å². The van der Waals surface area contributed by atoms with Crippen molar-refractivity contribution >= 4 is 16.9 Å². The highest BCUT2D eigenvalue weighted by Gasteiger charge is 2.14. The minimum atomic E-state index is -0.701. The van der Waals surface area contributed by atoms with E-state index in [0.717, 1.165) is 5.56 Å². The van der Waals surface area contributed by atoms with Gasteiger partial charge in [0.1, 0.15) is 29.3 Å². The smallest absolute Gasteiger partial charge is 0.342 e. The molecule has 3 rings (SSSR count). The Hall–Kier alpha value is -3.28. The molecule has 1 heterocycles. The van der Waals surface area contributed by atoms with Gasteiger partial charge in [0.05, 0.1) is 0 Å². The van der Waals surface area contributed by atoms with E-state index in [1.54, 1.807) is 19.1 Å². The van der Waals surface area contributed by atoms with Crippen molar-refractivity contribution in [2.45, 2.75) is 13.5 Å². The summed E-state index contributed by atoms with van der Waals surface area (Å²) in [6, 6.07) is 10.2. The van der Waals surface area contributed by atoms with Crippen molar-refractivity contribution in [2.75, 3.05) is 0 Å². The van der Waals surface area contributed by atoms with Gasteiger partial charge in [0.25, 0.3) is 0 Å². The predicted octanol–water partition coefficient (Wildman–Crippen LogP) is 2.87. The maximum absolute atomic E-state index is 12.1. The molecule has 24 heavy (non-hydrogen) atoms. The van der Waals surface area contributed by atoms with Crippen LogP contribution in [0.4, 0.5) is 0 Å². The molecule has 0 fully saturated rings. The van der Waals surface area contributed by atoms with Crippen LogP contribution >= 0.6 is 0 Å². The van der Waals surface area contributed by atoms with Crippen molar-refractivity contribution < 1.29 is 24.2 Å². The van der Waals surface area contributed by atoms with Gasteiger partial charge in [-0.1, -0.05) is 6.07 Å². The third-order valence-corrected chi connectivity index (χ3v) is 3.55. The van der Waals surface area contributed by atoms with Crippen molar-refractivity contribution in [3.8, 4) is 11.5 Å². The third-order valence-electron chi connectivity index (χ3n) is 3.55. The Morgan fingerprint density at radius 3 is 2.67 bits per heavy atom. The van der Waals surface area contributed by atoms with Crippen LogP contribution in [-0.2, 0) is 11.3 Å². The van der Waals surface area contributed by atoms with Crippen LogP contribution in [0.3, 0.4) is 0 Å². The van der Waals surface area contributed by atoms with Crippen LogP contribution < -0.4 is 5.63 Å². The molecular formula is C18H14O6. The molecule has 122 valence electrons. The first-order chi connectivity index (χ1) is 11.4. The van der Waals surface area contributed by atoms with Gasteiger partial charge in [-0.05, 0) is 36.8 Å². The van der Waals surface area contributed by atoms with E-state index in [4.69, 9.17) is 9.15 Å². The van der Waals surface area contributed by atoms with Crippen LogP contribution in [-0.4, -0.2) is 16.2 Å². The normalized spacial score (nSPS) is 10.7. The maximum Gasteiger partial charge on any atom is 0.342 e. The Kier molecular flexibility index (Phi) is 3.95. The highest BCUT2D eigenvalue weighted by Crippen LogP contribution is 2.24. The summed E-state index contributed by atoms with van der Waals surface area (Å²) in [4.78, 5) is 23.7. The minimum absolute atomic E-state index is 0.0376. The molecule has 0 aliphatic rings. The summed E-state index contributed by atoms with van der Waals surface area (Å²) in [6.45, 7) is 1.62. The van der Waals surface area contributed by atoms with Crippen LogP contribution in [0.15, 0.2) is 51.7 Å². The zero-order chi connectivity index (χ0) is 17.3. The molecule has 0 aliphatic heterocycles. The number of ether oxygens (including phenoxy) is 1. The molecule has 0 radical (unpaired) electrons. The number of benzene rings is 2. The molecule has 0 atom stereocenters. The van der Waals surface area contributed by atoms with Crippen LogP contribution in [0.1, 0.15) is 21.5 Å². The lowest BCUT2D eigenvalue weighted by Gasteiger charge is -2.09. The Morgan fingerprint density at radius 1 is 1.12 bits per heavy atom. The predicted molar refractivity (Wildman–Crippen MR) is 86.1 cm³/mol. The number of esters is 1. The summed E-state index contributed by atoms with van der Waals surface area (Å²) >= 11 is 0. The summed E-state index contributed by atoms with van der Waals surface area (Å²) in [5.74, 6) is -0.903. The van der Waals surface area contributed by atoms with E-state index >= 15 is 0 Å². The average Bonchev–Trinajstić information content (AvgIpc) is 2.51. The molecule has 0 spiro atoms. The number of aromatic hydroxyl groups is 2. The Balaban J connectivity index is 1.88.